The summed E-state index contributed by atoms with van der Waals surface area (Å²) in [4.78, 5) is 11.2. The van der Waals surface area contributed by atoms with Crippen LogP contribution in [0.3, 0.4) is 0 Å². The largest absolute Gasteiger partial charge is 0.486 e. The third-order valence-electron chi connectivity index (χ3n) is 2.08. The molecule has 0 aliphatic heterocycles. The van der Waals surface area contributed by atoms with Crippen molar-refractivity contribution in [3.63, 3.8) is 0 Å². The van der Waals surface area contributed by atoms with Crippen molar-refractivity contribution in [1.82, 2.24) is 0 Å². The second kappa shape index (κ2) is 5.16. The summed E-state index contributed by atoms with van der Waals surface area (Å²) in [6, 6.07) is 7.98. The van der Waals surface area contributed by atoms with Crippen molar-refractivity contribution in [2.24, 2.45) is 0 Å². The van der Waals surface area contributed by atoms with Gasteiger partial charge in [-0.3, -0.25) is 10.1 Å². The average molecular weight is 270 g/mol. The minimum absolute atomic E-state index is 0.0319. The van der Waals surface area contributed by atoms with E-state index in [0.29, 0.717) is 17.4 Å². The lowest BCUT2D eigenvalue weighted by atomic mass is 10.3. The number of thiophene rings is 1. The number of nitrogens with zero attached hydrogens (tertiary/aromatic N) is 1. The van der Waals surface area contributed by atoms with E-state index in [9.17, 15) is 10.1 Å². The number of benzene rings is 1. The van der Waals surface area contributed by atoms with Crippen molar-refractivity contribution >= 4 is 28.6 Å². The molecule has 0 N–H and O–H groups in total. The smallest absolute Gasteiger partial charge is 0.273 e. The minimum atomic E-state index is -0.478. The number of nitro groups is 1. The van der Waals surface area contributed by atoms with Gasteiger partial charge in [0.05, 0.1) is 16.0 Å². The second-order valence-electron chi connectivity index (χ2n) is 3.24. The highest BCUT2D eigenvalue weighted by Gasteiger charge is 2.10. The molecule has 2 aromatic rings. The first-order valence-electron chi connectivity index (χ1n) is 4.76. The van der Waals surface area contributed by atoms with Crippen LogP contribution in [-0.2, 0) is 6.61 Å². The van der Waals surface area contributed by atoms with Crippen molar-refractivity contribution in [2.75, 3.05) is 0 Å². The molecule has 0 saturated carbocycles. The lowest BCUT2D eigenvalue weighted by molar-refractivity contribution is -0.384. The summed E-state index contributed by atoms with van der Waals surface area (Å²) in [6.45, 7) is 0.360. The van der Waals surface area contributed by atoms with Crippen LogP contribution in [-0.4, -0.2) is 4.92 Å². The summed E-state index contributed by atoms with van der Waals surface area (Å²) < 4.78 is 5.45. The first-order chi connectivity index (χ1) is 8.16. The third kappa shape index (κ3) is 2.95. The molecule has 0 fully saturated rings. The monoisotopic (exact) mass is 269 g/mol. The third-order valence-corrected chi connectivity index (χ3v) is 3.24. The van der Waals surface area contributed by atoms with Crippen LogP contribution in [0.15, 0.2) is 35.7 Å². The van der Waals surface area contributed by atoms with E-state index in [1.807, 2.05) is 17.5 Å². The Balaban J connectivity index is 2.14. The lowest BCUT2D eigenvalue weighted by Gasteiger charge is -2.06. The maximum Gasteiger partial charge on any atom is 0.273 e. The molecule has 0 radical (unpaired) electrons. The summed E-state index contributed by atoms with van der Waals surface area (Å²) in [6.07, 6.45) is 0. The Morgan fingerprint density at radius 2 is 2.24 bits per heavy atom. The molecule has 1 aromatic carbocycles. The standard InChI is InChI=1S/C11H8ClNO3S/c12-10-4-3-8(13(14)15)6-11(10)16-7-9-2-1-5-17-9/h1-6H,7H2. The molecule has 0 unspecified atom stereocenters. The predicted octanol–water partition coefficient (Wildman–Crippen LogP) is 3.89. The topological polar surface area (TPSA) is 52.4 Å². The van der Waals surface area contributed by atoms with Crippen LogP contribution in [0.25, 0.3) is 0 Å². The molecule has 0 bridgehead atoms. The Labute approximate surface area is 107 Å². The lowest BCUT2D eigenvalue weighted by Crippen LogP contribution is -1.95. The van der Waals surface area contributed by atoms with E-state index < -0.39 is 4.92 Å². The first-order valence-corrected chi connectivity index (χ1v) is 6.01. The molecular formula is C11H8ClNO3S. The van der Waals surface area contributed by atoms with Gasteiger partial charge >= 0.3 is 0 Å². The molecule has 0 spiro atoms. The van der Waals surface area contributed by atoms with Crippen LogP contribution in [0.1, 0.15) is 4.88 Å². The molecule has 0 saturated heterocycles. The zero-order valence-corrected chi connectivity index (χ0v) is 10.2. The second-order valence-corrected chi connectivity index (χ2v) is 4.68. The summed E-state index contributed by atoms with van der Waals surface area (Å²) in [7, 11) is 0. The van der Waals surface area contributed by atoms with Crippen LogP contribution in [0.2, 0.25) is 5.02 Å². The highest BCUT2D eigenvalue weighted by atomic mass is 35.5. The van der Waals surface area contributed by atoms with Gasteiger partial charge in [-0.2, -0.15) is 0 Å². The number of ether oxygens (including phenoxy) is 1. The zero-order chi connectivity index (χ0) is 12.3. The van der Waals surface area contributed by atoms with Gasteiger partial charge in [0, 0.05) is 10.9 Å². The van der Waals surface area contributed by atoms with Gasteiger partial charge in [-0.15, -0.1) is 11.3 Å². The Kier molecular flexibility index (Phi) is 3.61. The Morgan fingerprint density at radius 1 is 1.41 bits per heavy atom. The first kappa shape index (κ1) is 11.9. The van der Waals surface area contributed by atoms with E-state index in [4.69, 9.17) is 16.3 Å². The van der Waals surface area contributed by atoms with Gasteiger partial charge in [0.2, 0.25) is 0 Å². The van der Waals surface area contributed by atoms with Gasteiger partial charge in [-0.1, -0.05) is 17.7 Å². The summed E-state index contributed by atoms with van der Waals surface area (Å²) in [5.74, 6) is 0.328. The van der Waals surface area contributed by atoms with Gasteiger partial charge in [0.25, 0.3) is 5.69 Å². The number of non-ortho nitro benzene ring substituents is 1. The quantitative estimate of drug-likeness (QED) is 0.625. The van der Waals surface area contributed by atoms with Crippen molar-refractivity contribution in [3.8, 4) is 5.75 Å². The summed E-state index contributed by atoms with van der Waals surface area (Å²) >= 11 is 7.45. The number of nitro benzene ring substituents is 1. The van der Waals surface area contributed by atoms with Crippen LogP contribution in [0, 0.1) is 10.1 Å². The maximum absolute atomic E-state index is 10.6. The fourth-order valence-corrected chi connectivity index (χ4v) is 2.05. The number of halogens is 1. The zero-order valence-electron chi connectivity index (χ0n) is 8.63. The van der Waals surface area contributed by atoms with Gasteiger partial charge < -0.3 is 4.74 Å². The van der Waals surface area contributed by atoms with Gasteiger partial charge in [0.15, 0.2) is 0 Å². The van der Waals surface area contributed by atoms with Crippen LogP contribution in [0.5, 0.6) is 5.75 Å². The van der Waals surface area contributed by atoms with E-state index in [1.165, 1.54) is 18.2 Å². The molecule has 1 heterocycles. The highest BCUT2D eigenvalue weighted by Crippen LogP contribution is 2.29. The number of rotatable bonds is 4. The van der Waals surface area contributed by atoms with E-state index >= 15 is 0 Å². The van der Waals surface area contributed by atoms with Crippen LogP contribution < -0.4 is 4.74 Å². The molecular weight excluding hydrogens is 262 g/mol. The van der Waals surface area contributed by atoms with Crippen molar-refractivity contribution in [1.29, 1.82) is 0 Å². The molecule has 1 aromatic heterocycles. The molecule has 0 amide bonds. The van der Waals surface area contributed by atoms with E-state index in [-0.39, 0.29) is 5.69 Å². The molecule has 2 rings (SSSR count). The molecule has 4 nitrogen and oxygen atoms in total. The molecule has 17 heavy (non-hydrogen) atoms. The SMILES string of the molecule is O=[N+]([O-])c1ccc(Cl)c(OCc2cccs2)c1. The molecule has 88 valence electrons. The molecule has 6 heteroatoms. The van der Waals surface area contributed by atoms with Crippen molar-refractivity contribution in [2.45, 2.75) is 6.61 Å². The van der Waals surface area contributed by atoms with E-state index in [0.717, 1.165) is 4.88 Å². The number of hydrogen-bond donors (Lipinski definition) is 0. The molecule has 0 atom stereocenters. The van der Waals surface area contributed by atoms with Crippen LogP contribution in [0.4, 0.5) is 5.69 Å². The Bertz CT molecular complexity index is 528. The molecule has 0 aliphatic carbocycles. The number of hydrogen-bond acceptors (Lipinski definition) is 4. The predicted molar refractivity (Wildman–Crippen MR) is 66.8 cm³/mol. The van der Waals surface area contributed by atoms with Gasteiger partial charge in [-0.05, 0) is 17.5 Å². The molecule has 0 aliphatic rings. The van der Waals surface area contributed by atoms with Crippen molar-refractivity contribution < 1.29 is 9.66 Å². The highest BCUT2D eigenvalue weighted by molar-refractivity contribution is 7.09. The summed E-state index contributed by atoms with van der Waals surface area (Å²) in [5.41, 5.74) is -0.0319. The normalized spacial score (nSPS) is 10.2. The average Bonchev–Trinajstić information content (AvgIpc) is 2.80. The van der Waals surface area contributed by atoms with Gasteiger partial charge in [-0.25, -0.2) is 0 Å². The Hall–Kier alpha value is -1.59. The minimum Gasteiger partial charge on any atom is -0.486 e. The van der Waals surface area contributed by atoms with Crippen molar-refractivity contribution in [3.05, 3.63) is 55.7 Å². The van der Waals surface area contributed by atoms with Gasteiger partial charge in [0.1, 0.15) is 12.4 Å². The fourth-order valence-electron chi connectivity index (χ4n) is 1.26. The summed E-state index contributed by atoms with van der Waals surface area (Å²) in [5, 5.41) is 12.9. The fraction of sp³-hybridized carbons (Fsp3) is 0.0909. The maximum atomic E-state index is 10.6. The Morgan fingerprint density at radius 3 is 2.88 bits per heavy atom. The van der Waals surface area contributed by atoms with Crippen LogP contribution >= 0.6 is 22.9 Å². The van der Waals surface area contributed by atoms with E-state index in [2.05, 4.69) is 0 Å². The van der Waals surface area contributed by atoms with E-state index in [1.54, 1.807) is 11.3 Å².